The maximum absolute atomic E-state index is 12.4. The molecular formula is C19H14ClN7O3S. The fraction of sp³-hybridized carbons (Fsp3) is 0. The van der Waals surface area contributed by atoms with Crippen LogP contribution >= 0.6 is 11.6 Å². The van der Waals surface area contributed by atoms with Crippen LogP contribution in [0.25, 0.3) is 0 Å². The molecule has 0 aliphatic carbocycles. The fourth-order valence-electron chi connectivity index (χ4n) is 2.24. The highest BCUT2D eigenvalue weighted by atomic mass is 35.5. The van der Waals surface area contributed by atoms with Gasteiger partial charge >= 0.3 is 0 Å². The molecule has 2 aromatic carbocycles. The van der Waals surface area contributed by atoms with E-state index in [-0.39, 0.29) is 10.8 Å². The molecule has 0 aliphatic rings. The summed E-state index contributed by atoms with van der Waals surface area (Å²) in [6, 6.07) is 15.2. The lowest BCUT2D eigenvalue weighted by Gasteiger charge is -2.07. The molecule has 0 atom stereocenters. The van der Waals surface area contributed by atoms with Gasteiger partial charge in [0.25, 0.3) is 15.9 Å². The quantitative estimate of drug-likeness (QED) is 0.366. The summed E-state index contributed by atoms with van der Waals surface area (Å²) in [7, 11) is -3.88. The van der Waals surface area contributed by atoms with Crippen molar-refractivity contribution in [2.24, 2.45) is 5.10 Å². The van der Waals surface area contributed by atoms with Crippen LogP contribution in [0.15, 0.2) is 77.0 Å². The van der Waals surface area contributed by atoms with Gasteiger partial charge in [-0.05, 0) is 48.5 Å². The number of carbonyl (C=O) groups is 1. The summed E-state index contributed by atoms with van der Waals surface area (Å²) >= 11 is 5.86. The zero-order valence-electron chi connectivity index (χ0n) is 15.7. The summed E-state index contributed by atoms with van der Waals surface area (Å²) in [5.74, 6) is -0.790. The van der Waals surface area contributed by atoms with Crippen LogP contribution in [0.1, 0.15) is 0 Å². The Hall–Kier alpha value is -4.01. The van der Waals surface area contributed by atoms with Gasteiger partial charge in [-0.25, -0.2) is 23.1 Å². The molecule has 0 unspecified atom stereocenters. The standard InChI is InChI=1S/C19H14ClN7O3S/c20-13-3-1-4-15(11-13)24-18(28)17(12-21)26-25-14-5-7-16(8-6-14)31(29,30)27-19-22-9-2-10-23-19/h1-11,25H,(H,24,28)(H,22,23,27)/b26-17+. The molecule has 0 spiro atoms. The Bertz CT molecular complexity index is 1260. The van der Waals surface area contributed by atoms with Crippen LogP contribution in [-0.2, 0) is 14.8 Å². The number of nitrogens with one attached hydrogen (secondary N) is 3. The number of hydrogen-bond donors (Lipinski definition) is 3. The molecule has 12 heteroatoms. The molecule has 1 heterocycles. The second-order valence-corrected chi connectivity index (χ2v) is 7.97. The predicted octanol–water partition coefficient (Wildman–Crippen LogP) is 2.86. The van der Waals surface area contributed by atoms with E-state index in [0.717, 1.165) is 0 Å². The van der Waals surface area contributed by atoms with E-state index in [1.54, 1.807) is 30.3 Å². The first-order valence-corrected chi connectivity index (χ1v) is 10.4. The number of rotatable bonds is 7. The number of amides is 1. The zero-order chi connectivity index (χ0) is 22.3. The Kier molecular flexibility index (Phi) is 6.76. The lowest BCUT2D eigenvalue weighted by atomic mass is 10.3. The number of benzene rings is 2. The monoisotopic (exact) mass is 455 g/mol. The highest BCUT2D eigenvalue weighted by Gasteiger charge is 2.15. The Morgan fingerprint density at radius 2 is 1.74 bits per heavy atom. The van der Waals surface area contributed by atoms with Gasteiger partial charge in [0, 0.05) is 23.1 Å². The predicted molar refractivity (Wildman–Crippen MR) is 116 cm³/mol. The summed E-state index contributed by atoms with van der Waals surface area (Å²) in [5.41, 5.74) is 2.88. The number of hydrogen-bond acceptors (Lipinski definition) is 8. The first-order chi connectivity index (χ1) is 14.9. The average molecular weight is 456 g/mol. The summed E-state index contributed by atoms with van der Waals surface area (Å²) in [6.45, 7) is 0. The third kappa shape index (κ3) is 5.99. The van der Waals surface area contributed by atoms with Crippen molar-refractivity contribution in [3.05, 3.63) is 72.0 Å². The molecule has 1 amide bonds. The van der Waals surface area contributed by atoms with Gasteiger partial charge in [-0.3, -0.25) is 10.2 Å². The number of anilines is 3. The largest absolute Gasteiger partial charge is 0.320 e. The molecule has 0 saturated carbocycles. The SMILES string of the molecule is N#C/C(=N\Nc1ccc(S(=O)(=O)Nc2ncccn2)cc1)C(=O)Nc1cccc(Cl)c1. The Morgan fingerprint density at radius 3 is 2.39 bits per heavy atom. The van der Waals surface area contributed by atoms with Crippen molar-refractivity contribution >= 4 is 50.6 Å². The average Bonchev–Trinajstić information content (AvgIpc) is 2.75. The van der Waals surface area contributed by atoms with E-state index in [2.05, 4.69) is 30.5 Å². The first kappa shape index (κ1) is 21.7. The summed E-state index contributed by atoms with van der Waals surface area (Å²) < 4.78 is 27.0. The molecule has 156 valence electrons. The summed E-state index contributed by atoms with van der Waals surface area (Å²) in [6.07, 6.45) is 2.82. The maximum Gasteiger partial charge on any atom is 0.287 e. The van der Waals surface area contributed by atoms with E-state index >= 15 is 0 Å². The van der Waals surface area contributed by atoms with Gasteiger partial charge < -0.3 is 5.32 Å². The second-order valence-electron chi connectivity index (χ2n) is 5.85. The minimum absolute atomic E-state index is 0.0336. The van der Waals surface area contributed by atoms with Gasteiger partial charge in [-0.1, -0.05) is 17.7 Å². The van der Waals surface area contributed by atoms with Crippen LogP contribution in [0.4, 0.5) is 17.3 Å². The van der Waals surface area contributed by atoms with E-state index in [4.69, 9.17) is 11.6 Å². The number of aromatic nitrogens is 2. The van der Waals surface area contributed by atoms with Crippen molar-refractivity contribution in [3.8, 4) is 6.07 Å². The molecule has 3 rings (SSSR count). The normalized spacial score (nSPS) is 11.3. The van der Waals surface area contributed by atoms with Crippen molar-refractivity contribution in [1.29, 1.82) is 5.26 Å². The molecule has 1 aromatic heterocycles. The minimum atomic E-state index is -3.88. The van der Waals surface area contributed by atoms with Crippen LogP contribution in [-0.4, -0.2) is 30.0 Å². The van der Waals surface area contributed by atoms with Gasteiger partial charge in [0.2, 0.25) is 11.7 Å². The summed E-state index contributed by atoms with van der Waals surface area (Å²) in [5, 5.41) is 15.9. The molecule has 0 aliphatic heterocycles. The van der Waals surface area contributed by atoms with E-state index in [1.165, 1.54) is 42.7 Å². The van der Waals surface area contributed by atoms with Gasteiger partial charge in [-0.2, -0.15) is 10.4 Å². The number of halogens is 1. The molecule has 0 fully saturated rings. The molecule has 0 saturated heterocycles. The van der Waals surface area contributed by atoms with Crippen LogP contribution in [0.2, 0.25) is 5.02 Å². The lowest BCUT2D eigenvalue weighted by Crippen LogP contribution is -2.22. The smallest absolute Gasteiger partial charge is 0.287 e. The zero-order valence-corrected chi connectivity index (χ0v) is 17.2. The van der Waals surface area contributed by atoms with Crippen LogP contribution in [0.3, 0.4) is 0 Å². The van der Waals surface area contributed by atoms with Gasteiger partial charge in [0.1, 0.15) is 6.07 Å². The summed E-state index contributed by atoms with van der Waals surface area (Å²) in [4.78, 5) is 19.8. The Morgan fingerprint density at radius 1 is 1.03 bits per heavy atom. The number of carbonyl (C=O) groups excluding carboxylic acids is 1. The number of hydrazone groups is 1. The second kappa shape index (κ2) is 9.66. The van der Waals surface area contributed by atoms with Gasteiger partial charge in [-0.15, -0.1) is 0 Å². The van der Waals surface area contributed by atoms with Crippen molar-refractivity contribution < 1.29 is 13.2 Å². The van der Waals surface area contributed by atoms with Crippen LogP contribution in [0, 0.1) is 11.3 Å². The molecule has 0 radical (unpaired) electrons. The highest BCUT2D eigenvalue weighted by Crippen LogP contribution is 2.17. The maximum atomic E-state index is 12.4. The molecule has 3 aromatic rings. The first-order valence-electron chi connectivity index (χ1n) is 8.58. The van der Waals surface area contributed by atoms with Gasteiger partial charge in [0.15, 0.2) is 0 Å². The van der Waals surface area contributed by atoms with E-state index in [0.29, 0.717) is 16.4 Å². The van der Waals surface area contributed by atoms with E-state index in [9.17, 15) is 18.5 Å². The minimum Gasteiger partial charge on any atom is -0.320 e. The third-order valence-corrected chi connectivity index (χ3v) is 5.24. The van der Waals surface area contributed by atoms with Gasteiger partial charge in [0.05, 0.1) is 10.6 Å². The molecule has 31 heavy (non-hydrogen) atoms. The van der Waals surface area contributed by atoms with Crippen molar-refractivity contribution in [2.45, 2.75) is 4.90 Å². The van der Waals surface area contributed by atoms with Crippen LogP contribution in [0.5, 0.6) is 0 Å². The topological polar surface area (TPSA) is 149 Å². The number of nitriles is 1. The van der Waals surface area contributed by atoms with Crippen molar-refractivity contribution in [2.75, 3.05) is 15.5 Å². The van der Waals surface area contributed by atoms with Crippen molar-refractivity contribution in [1.82, 2.24) is 9.97 Å². The number of nitrogens with zero attached hydrogens (tertiary/aromatic N) is 4. The van der Waals surface area contributed by atoms with Crippen LogP contribution < -0.4 is 15.5 Å². The molecular weight excluding hydrogens is 442 g/mol. The lowest BCUT2D eigenvalue weighted by molar-refractivity contribution is -0.110. The molecule has 10 nitrogen and oxygen atoms in total. The Balaban J connectivity index is 1.67. The number of sulfonamides is 1. The fourth-order valence-corrected chi connectivity index (χ4v) is 3.39. The highest BCUT2D eigenvalue weighted by molar-refractivity contribution is 7.92. The Labute approximate surface area is 182 Å². The molecule has 0 bridgehead atoms. The van der Waals surface area contributed by atoms with E-state index in [1.807, 2.05) is 0 Å². The van der Waals surface area contributed by atoms with Crippen molar-refractivity contribution in [3.63, 3.8) is 0 Å². The molecule has 3 N–H and O–H groups in total. The van der Waals surface area contributed by atoms with E-state index < -0.39 is 21.6 Å². The third-order valence-electron chi connectivity index (χ3n) is 3.66.